The lowest BCUT2D eigenvalue weighted by atomic mass is 9.73. The molecule has 3 rings (SSSR count). The molecule has 2 heteroatoms. The van der Waals surface area contributed by atoms with E-state index in [4.69, 9.17) is 5.73 Å². The fourth-order valence-electron chi connectivity index (χ4n) is 4.64. The molecule has 1 aliphatic heterocycles. The molecule has 4 atom stereocenters. The SMILES string of the molecule is C=C(N)N1C2CCCC[C@H]2[C@H]2CCCCC21. The van der Waals surface area contributed by atoms with Crippen LogP contribution < -0.4 is 5.73 Å². The van der Waals surface area contributed by atoms with Crippen molar-refractivity contribution in [2.75, 3.05) is 0 Å². The van der Waals surface area contributed by atoms with Crippen LogP contribution in [-0.4, -0.2) is 17.0 Å². The maximum atomic E-state index is 6.04. The summed E-state index contributed by atoms with van der Waals surface area (Å²) in [5, 5.41) is 0. The van der Waals surface area contributed by atoms with Gasteiger partial charge in [-0.1, -0.05) is 32.3 Å². The van der Waals surface area contributed by atoms with Gasteiger partial charge in [0.05, 0.1) is 5.82 Å². The maximum Gasteiger partial charge on any atom is 0.0917 e. The number of nitrogens with two attached hydrogens (primary N) is 1. The van der Waals surface area contributed by atoms with Gasteiger partial charge >= 0.3 is 0 Å². The molecular formula is C14H24N2. The number of hydrogen-bond donors (Lipinski definition) is 1. The van der Waals surface area contributed by atoms with Gasteiger partial charge in [0.25, 0.3) is 0 Å². The van der Waals surface area contributed by atoms with Crippen molar-refractivity contribution < 1.29 is 0 Å². The van der Waals surface area contributed by atoms with Crippen LogP contribution in [0.1, 0.15) is 51.4 Å². The Morgan fingerprint density at radius 1 is 0.875 bits per heavy atom. The van der Waals surface area contributed by atoms with Crippen molar-refractivity contribution >= 4 is 0 Å². The van der Waals surface area contributed by atoms with E-state index in [0.29, 0.717) is 0 Å². The Morgan fingerprint density at radius 3 is 1.75 bits per heavy atom. The fourth-order valence-corrected chi connectivity index (χ4v) is 4.64. The number of nitrogens with zero attached hydrogens (tertiary/aromatic N) is 1. The first-order chi connectivity index (χ1) is 7.79. The number of hydrogen-bond acceptors (Lipinski definition) is 2. The molecule has 0 radical (unpaired) electrons. The first-order valence-corrected chi connectivity index (χ1v) is 7.02. The Hall–Kier alpha value is -0.660. The van der Waals surface area contributed by atoms with Crippen molar-refractivity contribution in [1.29, 1.82) is 0 Å². The van der Waals surface area contributed by atoms with Crippen LogP contribution in [0.3, 0.4) is 0 Å². The van der Waals surface area contributed by atoms with Crippen molar-refractivity contribution in [2.45, 2.75) is 63.5 Å². The highest BCUT2D eigenvalue weighted by Crippen LogP contribution is 2.49. The highest BCUT2D eigenvalue weighted by Gasteiger charge is 2.49. The van der Waals surface area contributed by atoms with E-state index in [1.807, 2.05) is 0 Å². The maximum absolute atomic E-state index is 6.04. The minimum absolute atomic E-state index is 0.736. The van der Waals surface area contributed by atoms with E-state index in [0.717, 1.165) is 29.7 Å². The van der Waals surface area contributed by atoms with Crippen molar-refractivity contribution in [2.24, 2.45) is 17.6 Å². The van der Waals surface area contributed by atoms with E-state index >= 15 is 0 Å². The average Bonchev–Trinajstić information content (AvgIpc) is 2.63. The largest absolute Gasteiger partial charge is 0.386 e. The van der Waals surface area contributed by atoms with Crippen LogP contribution in [0.5, 0.6) is 0 Å². The second kappa shape index (κ2) is 3.97. The average molecular weight is 220 g/mol. The third-order valence-corrected chi connectivity index (χ3v) is 5.16. The molecule has 0 aromatic heterocycles. The topological polar surface area (TPSA) is 29.3 Å². The van der Waals surface area contributed by atoms with Gasteiger partial charge in [0.1, 0.15) is 0 Å². The summed E-state index contributed by atoms with van der Waals surface area (Å²) < 4.78 is 0. The van der Waals surface area contributed by atoms with E-state index < -0.39 is 0 Å². The molecule has 2 N–H and O–H groups in total. The van der Waals surface area contributed by atoms with Crippen LogP contribution in [0, 0.1) is 11.8 Å². The molecule has 3 fully saturated rings. The van der Waals surface area contributed by atoms with Gasteiger partial charge in [0, 0.05) is 12.1 Å². The van der Waals surface area contributed by atoms with Crippen LogP contribution in [0.15, 0.2) is 12.4 Å². The minimum atomic E-state index is 0.736. The van der Waals surface area contributed by atoms with Crippen molar-refractivity contribution in [3.8, 4) is 0 Å². The van der Waals surface area contributed by atoms with Crippen molar-refractivity contribution in [3.63, 3.8) is 0 Å². The molecule has 3 aliphatic rings. The fraction of sp³-hybridized carbons (Fsp3) is 0.857. The van der Waals surface area contributed by atoms with Gasteiger partial charge in [-0.2, -0.15) is 0 Å². The second-order valence-corrected chi connectivity index (χ2v) is 5.93. The Bertz CT molecular complexity index is 264. The van der Waals surface area contributed by atoms with Gasteiger partial charge in [0.15, 0.2) is 0 Å². The third-order valence-electron chi connectivity index (χ3n) is 5.16. The number of rotatable bonds is 1. The lowest BCUT2D eigenvalue weighted by Gasteiger charge is -2.36. The zero-order valence-corrected chi connectivity index (χ0v) is 10.2. The van der Waals surface area contributed by atoms with Crippen molar-refractivity contribution in [3.05, 3.63) is 12.4 Å². The summed E-state index contributed by atoms with van der Waals surface area (Å²) in [5.74, 6) is 2.70. The molecule has 0 amide bonds. The van der Waals surface area contributed by atoms with E-state index in [1.165, 1.54) is 51.4 Å². The van der Waals surface area contributed by atoms with Crippen LogP contribution in [0.4, 0.5) is 0 Å². The molecular weight excluding hydrogens is 196 g/mol. The molecule has 1 heterocycles. The molecule has 90 valence electrons. The summed E-state index contributed by atoms with van der Waals surface area (Å²) in [4.78, 5) is 2.51. The quantitative estimate of drug-likeness (QED) is 0.736. The second-order valence-electron chi connectivity index (χ2n) is 5.93. The lowest BCUT2D eigenvalue weighted by molar-refractivity contribution is 0.183. The first-order valence-electron chi connectivity index (χ1n) is 7.02. The molecule has 0 aromatic carbocycles. The first kappa shape index (κ1) is 10.5. The number of fused-ring (bicyclic) bond motifs is 3. The number of likely N-dealkylation sites (tertiary alicyclic amines) is 1. The molecule has 16 heavy (non-hydrogen) atoms. The Balaban J connectivity index is 1.89. The van der Waals surface area contributed by atoms with E-state index in [2.05, 4.69) is 11.5 Å². The van der Waals surface area contributed by atoms with E-state index in [1.54, 1.807) is 0 Å². The predicted molar refractivity (Wildman–Crippen MR) is 66.7 cm³/mol. The Morgan fingerprint density at radius 2 is 1.31 bits per heavy atom. The van der Waals surface area contributed by atoms with Gasteiger partial charge in [0.2, 0.25) is 0 Å². The van der Waals surface area contributed by atoms with Gasteiger partial charge in [-0.3, -0.25) is 0 Å². The lowest BCUT2D eigenvalue weighted by Crippen LogP contribution is -2.41. The van der Waals surface area contributed by atoms with E-state index in [9.17, 15) is 0 Å². The molecule has 2 unspecified atom stereocenters. The van der Waals surface area contributed by atoms with Gasteiger partial charge in [-0.15, -0.1) is 0 Å². The molecule has 2 aliphatic carbocycles. The highest BCUT2D eigenvalue weighted by molar-refractivity contribution is 5.09. The summed E-state index contributed by atoms with van der Waals surface area (Å²) in [6, 6.07) is 1.47. The molecule has 0 aromatic rings. The van der Waals surface area contributed by atoms with Crippen LogP contribution in [0.2, 0.25) is 0 Å². The van der Waals surface area contributed by atoms with Crippen molar-refractivity contribution in [1.82, 2.24) is 4.90 Å². The smallest absolute Gasteiger partial charge is 0.0917 e. The molecule has 0 spiro atoms. The molecule has 0 bridgehead atoms. The Labute approximate surface area is 98.9 Å². The van der Waals surface area contributed by atoms with Gasteiger partial charge in [-0.25, -0.2) is 0 Å². The predicted octanol–water partition coefficient (Wildman–Crippen LogP) is 2.85. The monoisotopic (exact) mass is 220 g/mol. The molecule has 2 nitrogen and oxygen atoms in total. The summed E-state index contributed by atoms with van der Waals surface area (Å²) in [7, 11) is 0. The third kappa shape index (κ3) is 1.46. The zero-order chi connectivity index (χ0) is 11.1. The Kier molecular flexibility index (Phi) is 2.61. The van der Waals surface area contributed by atoms with Gasteiger partial charge in [-0.05, 0) is 37.5 Å². The summed E-state index contributed by atoms with van der Waals surface area (Å²) >= 11 is 0. The summed E-state index contributed by atoms with van der Waals surface area (Å²) in [5.41, 5.74) is 6.04. The van der Waals surface area contributed by atoms with Crippen LogP contribution in [-0.2, 0) is 0 Å². The summed E-state index contributed by atoms with van der Waals surface area (Å²) in [6.45, 7) is 4.02. The van der Waals surface area contributed by atoms with E-state index in [-0.39, 0.29) is 0 Å². The highest BCUT2D eigenvalue weighted by atomic mass is 15.3. The summed E-state index contributed by atoms with van der Waals surface area (Å²) in [6.07, 6.45) is 11.3. The standard InChI is InChI=1S/C14H24N2/c1-10(15)16-13-8-4-2-6-11(13)12-7-3-5-9-14(12)16/h11-14H,1-9,15H2/t11-,12+,13?,14?. The normalized spacial score (nSPS) is 42.6. The minimum Gasteiger partial charge on any atom is -0.386 e. The van der Waals surface area contributed by atoms with Crippen LogP contribution in [0.25, 0.3) is 0 Å². The molecule has 2 saturated carbocycles. The molecule has 1 saturated heterocycles. The zero-order valence-electron chi connectivity index (χ0n) is 10.2. The van der Waals surface area contributed by atoms with Crippen LogP contribution >= 0.6 is 0 Å². The van der Waals surface area contributed by atoms with Gasteiger partial charge < -0.3 is 10.6 Å².